The summed E-state index contributed by atoms with van der Waals surface area (Å²) in [5, 5.41) is 0. The zero-order valence-corrected chi connectivity index (χ0v) is 10.2. The zero-order valence-electron chi connectivity index (χ0n) is 7.84. The van der Waals surface area contributed by atoms with Gasteiger partial charge in [0.2, 0.25) is 0 Å². The van der Waals surface area contributed by atoms with Gasteiger partial charge in [0, 0.05) is 10.0 Å². The molecular weight excluding hydrogens is 288 g/mol. The number of benzene rings is 1. The summed E-state index contributed by atoms with van der Waals surface area (Å²) in [4.78, 5) is 0. The molecule has 1 aromatic carbocycles. The molecule has 0 amide bonds. The van der Waals surface area contributed by atoms with Gasteiger partial charge in [-0.3, -0.25) is 0 Å². The minimum Gasteiger partial charge on any atom is -0.591 e. The minimum absolute atomic E-state index is 0.0297. The number of hydrogen-bond acceptors (Lipinski definition) is 2. The van der Waals surface area contributed by atoms with E-state index < -0.39 is 23.9 Å². The Morgan fingerprint density at radius 1 is 1.60 bits per heavy atom. The van der Waals surface area contributed by atoms with Crippen molar-refractivity contribution >= 4 is 33.0 Å². The van der Waals surface area contributed by atoms with Gasteiger partial charge in [0.15, 0.2) is 0 Å². The normalized spacial score (nSPS) is 14.1. The van der Waals surface area contributed by atoms with E-state index in [1.54, 1.807) is 0 Å². The lowest BCUT2D eigenvalue weighted by molar-refractivity contribution is 0.574. The highest BCUT2D eigenvalue weighted by Crippen LogP contribution is 2.17. The van der Waals surface area contributed by atoms with E-state index in [2.05, 4.69) is 20.3 Å². The van der Waals surface area contributed by atoms with E-state index in [9.17, 15) is 13.3 Å². The summed E-state index contributed by atoms with van der Waals surface area (Å²) < 4.78 is 40.8. The third kappa shape index (κ3) is 3.55. The third-order valence-corrected chi connectivity index (χ3v) is 2.58. The molecule has 1 unspecified atom stereocenters. The van der Waals surface area contributed by atoms with Gasteiger partial charge < -0.3 is 4.55 Å². The van der Waals surface area contributed by atoms with Crippen molar-refractivity contribution in [3.05, 3.63) is 34.1 Å². The first-order chi connectivity index (χ1) is 7.04. The predicted molar refractivity (Wildman–Crippen MR) is 60.7 cm³/mol. The average Bonchev–Trinajstić information content (AvgIpc) is 2.18. The highest BCUT2D eigenvalue weighted by molar-refractivity contribution is 9.10. The first-order valence-corrected chi connectivity index (χ1v) is 6.28. The van der Waals surface area contributed by atoms with E-state index in [0.29, 0.717) is 4.47 Å². The van der Waals surface area contributed by atoms with Crippen LogP contribution in [0.15, 0.2) is 27.1 Å². The Labute approximate surface area is 97.8 Å². The predicted octanol–water partition coefficient (Wildman–Crippen LogP) is 2.64. The first kappa shape index (κ1) is 12.6. The van der Waals surface area contributed by atoms with Gasteiger partial charge >= 0.3 is 0 Å². The molecule has 0 radical (unpaired) electrons. The molecule has 0 saturated carbocycles. The van der Waals surface area contributed by atoms with Crippen LogP contribution in [0.1, 0.15) is 5.56 Å². The lowest BCUT2D eigenvalue weighted by atomic mass is 10.1. The van der Waals surface area contributed by atoms with Crippen LogP contribution in [0.5, 0.6) is 0 Å². The highest BCUT2D eigenvalue weighted by atomic mass is 79.9. The second-order valence-electron chi connectivity index (χ2n) is 2.72. The van der Waals surface area contributed by atoms with Crippen LogP contribution >= 0.6 is 15.9 Å². The topological polar surface area (TPSA) is 35.4 Å². The molecule has 0 aromatic heterocycles. The lowest BCUT2D eigenvalue weighted by Crippen LogP contribution is -2.09. The van der Waals surface area contributed by atoms with E-state index >= 15 is 0 Å². The maximum Gasteiger partial charge on any atom is 0.137 e. The summed E-state index contributed by atoms with van der Waals surface area (Å²) in [6, 6.07) is 4.10. The molecule has 6 heteroatoms. The molecule has 0 fully saturated rings. The molecule has 0 spiro atoms. The average molecular weight is 296 g/mol. The minimum atomic E-state index is -1.54. The van der Waals surface area contributed by atoms with E-state index in [1.165, 1.54) is 24.5 Å². The molecule has 15 heavy (non-hydrogen) atoms. The van der Waals surface area contributed by atoms with E-state index in [0.717, 1.165) is 0 Å². The number of rotatable bonds is 3. The summed E-state index contributed by atoms with van der Waals surface area (Å²) in [5.74, 6) is -0.583. The van der Waals surface area contributed by atoms with E-state index in [-0.39, 0.29) is 11.3 Å². The monoisotopic (exact) mass is 295 g/mol. The van der Waals surface area contributed by atoms with Crippen molar-refractivity contribution in [2.45, 2.75) is 0 Å². The molecule has 0 N–H and O–H groups in total. The second kappa shape index (κ2) is 5.58. The lowest BCUT2D eigenvalue weighted by Gasteiger charge is -2.04. The van der Waals surface area contributed by atoms with Gasteiger partial charge in [0.1, 0.15) is 24.5 Å². The zero-order chi connectivity index (χ0) is 11.4. The fourth-order valence-electron chi connectivity index (χ4n) is 1.02. The van der Waals surface area contributed by atoms with Crippen LogP contribution in [0.4, 0.5) is 8.78 Å². The van der Waals surface area contributed by atoms with Crippen LogP contribution < -0.4 is 0 Å². The van der Waals surface area contributed by atoms with Crippen LogP contribution in [-0.4, -0.2) is 23.2 Å². The Morgan fingerprint density at radius 3 is 2.80 bits per heavy atom. The molecule has 0 heterocycles. The van der Waals surface area contributed by atoms with Crippen molar-refractivity contribution in [3.8, 4) is 0 Å². The molecule has 0 aliphatic carbocycles. The molecule has 0 saturated heterocycles. The fraction of sp³-hybridized carbons (Fsp3) is 0.222. The Balaban J connectivity index is 3.17. The standard InChI is InChI=1S/C9H8BrF2NOS/c1-15(14)13-9(5-11)7-4-6(10)2-3-8(7)12/h2-4H,5H2,1H3. The Hall–Kier alpha value is -0.460. The Kier molecular flexibility index (Phi) is 4.69. The Morgan fingerprint density at radius 2 is 2.27 bits per heavy atom. The van der Waals surface area contributed by atoms with Gasteiger partial charge in [0.05, 0.1) is 11.4 Å². The van der Waals surface area contributed by atoms with Crippen molar-refractivity contribution in [2.75, 3.05) is 12.9 Å². The second-order valence-corrected chi connectivity index (χ2v) is 4.67. The van der Waals surface area contributed by atoms with Gasteiger partial charge in [0.25, 0.3) is 0 Å². The van der Waals surface area contributed by atoms with Crippen molar-refractivity contribution in [2.24, 2.45) is 4.40 Å². The molecule has 1 aromatic rings. The number of hydrogen-bond donors (Lipinski definition) is 0. The van der Waals surface area contributed by atoms with Gasteiger partial charge in [-0.1, -0.05) is 20.3 Å². The van der Waals surface area contributed by atoms with Crippen LogP contribution in [0.2, 0.25) is 0 Å². The maximum absolute atomic E-state index is 13.3. The van der Waals surface area contributed by atoms with Gasteiger partial charge in [-0.05, 0) is 18.2 Å². The van der Waals surface area contributed by atoms with Crippen molar-refractivity contribution in [1.29, 1.82) is 0 Å². The summed E-state index contributed by atoms with van der Waals surface area (Å²) >= 11 is 1.60. The quantitative estimate of drug-likeness (QED) is 0.624. The molecule has 0 bridgehead atoms. The molecule has 82 valence electrons. The SMILES string of the molecule is C[S+]([O-])N=C(CF)c1cc(Br)ccc1F. The number of halogens is 3. The number of nitrogens with zero attached hydrogens (tertiary/aromatic N) is 1. The van der Waals surface area contributed by atoms with Gasteiger partial charge in [-0.15, -0.1) is 0 Å². The summed E-state index contributed by atoms with van der Waals surface area (Å²) in [6.07, 6.45) is 1.30. The maximum atomic E-state index is 13.3. The van der Waals surface area contributed by atoms with Crippen LogP contribution in [0.25, 0.3) is 0 Å². The molecule has 1 rings (SSSR count). The summed E-state index contributed by atoms with van der Waals surface area (Å²) in [6.45, 7) is -0.951. The molecule has 2 nitrogen and oxygen atoms in total. The summed E-state index contributed by atoms with van der Waals surface area (Å²) in [5.41, 5.74) is -0.114. The van der Waals surface area contributed by atoms with Crippen LogP contribution in [0.3, 0.4) is 0 Å². The van der Waals surface area contributed by atoms with Crippen LogP contribution in [0, 0.1) is 5.82 Å². The van der Waals surface area contributed by atoms with Crippen LogP contribution in [-0.2, 0) is 11.4 Å². The van der Waals surface area contributed by atoms with Gasteiger partial charge in [-0.25, -0.2) is 8.78 Å². The Bertz CT molecular complexity index is 384. The first-order valence-electron chi connectivity index (χ1n) is 3.97. The fourth-order valence-corrected chi connectivity index (χ4v) is 1.84. The highest BCUT2D eigenvalue weighted by Gasteiger charge is 2.13. The molecule has 1 atom stereocenters. The van der Waals surface area contributed by atoms with Crippen molar-refractivity contribution in [3.63, 3.8) is 0 Å². The van der Waals surface area contributed by atoms with Gasteiger partial charge in [-0.2, -0.15) is 0 Å². The molecule has 0 aliphatic rings. The smallest absolute Gasteiger partial charge is 0.137 e. The molecule has 0 aliphatic heterocycles. The summed E-state index contributed by atoms with van der Waals surface area (Å²) in [7, 11) is 0. The van der Waals surface area contributed by atoms with E-state index in [4.69, 9.17) is 0 Å². The van der Waals surface area contributed by atoms with Crippen molar-refractivity contribution < 1.29 is 13.3 Å². The number of alkyl halides is 1. The molecular formula is C9H8BrF2NOS. The van der Waals surface area contributed by atoms with Crippen molar-refractivity contribution in [1.82, 2.24) is 0 Å². The van der Waals surface area contributed by atoms with E-state index in [1.807, 2.05) is 0 Å². The third-order valence-electron chi connectivity index (χ3n) is 1.60. The largest absolute Gasteiger partial charge is 0.591 e.